The molecule has 0 spiro atoms. The zero-order valence-electron chi connectivity index (χ0n) is 9.80. The first-order valence-electron chi connectivity index (χ1n) is 5.85. The van der Waals surface area contributed by atoms with Crippen molar-refractivity contribution >= 4 is 28.6 Å². The number of aromatic nitrogens is 2. The average molecular weight is 268 g/mol. The lowest BCUT2D eigenvalue weighted by Crippen LogP contribution is -2.32. The van der Waals surface area contributed by atoms with E-state index in [-0.39, 0.29) is 6.10 Å². The minimum absolute atomic E-state index is 0.0115. The highest BCUT2D eigenvalue weighted by Crippen LogP contribution is 2.25. The zero-order valence-corrected chi connectivity index (χ0v) is 10.6. The van der Waals surface area contributed by atoms with Crippen molar-refractivity contribution in [3.63, 3.8) is 0 Å². The summed E-state index contributed by atoms with van der Waals surface area (Å²) in [6.07, 6.45) is 0.0115. The molecule has 18 heavy (non-hydrogen) atoms. The summed E-state index contributed by atoms with van der Waals surface area (Å²) >= 11 is 6.10. The molecule has 2 heterocycles. The predicted octanol–water partition coefficient (Wildman–Crippen LogP) is 1.69. The second kappa shape index (κ2) is 4.76. The molecule has 2 aromatic rings. The summed E-state index contributed by atoms with van der Waals surface area (Å²) in [5.41, 5.74) is 7.59. The summed E-state index contributed by atoms with van der Waals surface area (Å²) in [4.78, 5) is 4.29. The van der Waals surface area contributed by atoms with E-state index in [1.54, 1.807) is 6.07 Å². The molecule has 5 nitrogen and oxygen atoms in total. The van der Waals surface area contributed by atoms with Gasteiger partial charge in [-0.2, -0.15) is 0 Å². The molecule has 1 saturated heterocycles. The first kappa shape index (κ1) is 11.8. The molecule has 0 saturated carbocycles. The number of nitrogen functional groups attached to an aromatic ring is 1. The summed E-state index contributed by atoms with van der Waals surface area (Å²) < 4.78 is 12.9. The molecular weight excluding hydrogens is 254 g/mol. The highest BCUT2D eigenvalue weighted by molar-refractivity contribution is 6.35. The van der Waals surface area contributed by atoms with Gasteiger partial charge in [-0.3, -0.25) is 0 Å². The smallest absolute Gasteiger partial charge is 0.201 e. The minimum atomic E-state index is 0.0115. The maximum absolute atomic E-state index is 6.10. The van der Waals surface area contributed by atoms with Crippen LogP contribution in [-0.2, 0) is 16.0 Å². The molecule has 1 fully saturated rings. The van der Waals surface area contributed by atoms with Crippen LogP contribution in [0.1, 0.15) is 0 Å². The summed E-state index contributed by atoms with van der Waals surface area (Å²) in [5.74, 6) is 0.451. The van der Waals surface area contributed by atoms with E-state index in [0.717, 1.165) is 11.0 Å². The van der Waals surface area contributed by atoms with Gasteiger partial charge < -0.3 is 19.8 Å². The Morgan fingerprint density at radius 1 is 1.44 bits per heavy atom. The molecule has 96 valence electrons. The van der Waals surface area contributed by atoms with Crippen LogP contribution < -0.4 is 5.73 Å². The van der Waals surface area contributed by atoms with E-state index in [9.17, 15) is 0 Å². The van der Waals surface area contributed by atoms with E-state index in [0.29, 0.717) is 37.3 Å². The second-order valence-corrected chi connectivity index (χ2v) is 4.66. The fourth-order valence-electron chi connectivity index (χ4n) is 2.17. The molecule has 0 aliphatic carbocycles. The molecule has 1 aromatic heterocycles. The van der Waals surface area contributed by atoms with Gasteiger partial charge in [-0.1, -0.05) is 17.7 Å². The molecule has 6 heteroatoms. The number of hydrogen-bond acceptors (Lipinski definition) is 4. The maximum atomic E-state index is 6.10. The molecule has 0 amide bonds. The molecule has 2 N–H and O–H groups in total. The quantitative estimate of drug-likeness (QED) is 0.899. The number of rotatable bonds is 2. The second-order valence-electron chi connectivity index (χ2n) is 4.26. The van der Waals surface area contributed by atoms with Crippen molar-refractivity contribution in [1.29, 1.82) is 0 Å². The Morgan fingerprint density at radius 3 is 3.11 bits per heavy atom. The molecule has 1 atom stereocenters. The number of para-hydroxylation sites is 1. The number of ether oxygens (including phenoxy) is 2. The van der Waals surface area contributed by atoms with Crippen LogP contribution in [0.5, 0.6) is 0 Å². The van der Waals surface area contributed by atoms with Crippen molar-refractivity contribution in [2.75, 3.05) is 25.6 Å². The number of anilines is 1. The van der Waals surface area contributed by atoms with Crippen molar-refractivity contribution in [1.82, 2.24) is 9.55 Å². The van der Waals surface area contributed by atoms with Crippen LogP contribution in [-0.4, -0.2) is 35.5 Å². The van der Waals surface area contributed by atoms with Gasteiger partial charge in [0.2, 0.25) is 5.95 Å². The van der Waals surface area contributed by atoms with Crippen LogP contribution in [0, 0.1) is 0 Å². The maximum Gasteiger partial charge on any atom is 0.201 e. The van der Waals surface area contributed by atoms with Crippen LogP contribution in [0.3, 0.4) is 0 Å². The summed E-state index contributed by atoms with van der Waals surface area (Å²) in [5, 5.41) is 0.610. The van der Waals surface area contributed by atoms with Gasteiger partial charge in [-0.25, -0.2) is 4.98 Å². The summed E-state index contributed by atoms with van der Waals surface area (Å²) in [6.45, 7) is 2.49. The molecule has 1 aromatic carbocycles. The number of nitrogens with two attached hydrogens (primary N) is 1. The number of nitrogens with zero attached hydrogens (tertiary/aromatic N) is 2. The molecule has 1 aliphatic heterocycles. The number of benzene rings is 1. The van der Waals surface area contributed by atoms with Crippen LogP contribution in [0.15, 0.2) is 18.2 Å². The van der Waals surface area contributed by atoms with Gasteiger partial charge in [-0.05, 0) is 12.1 Å². The number of fused-ring (bicyclic) bond motifs is 1. The Labute approximate surface area is 109 Å². The van der Waals surface area contributed by atoms with E-state index in [2.05, 4.69) is 4.98 Å². The number of imidazole rings is 1. The third kappa shape index (κ3) is 2.05. The van der Waals surface area contributed by atoms with Gasteiger partial charge in [-0.15, -0.1) is 0 Å². The normalized spacial score (nSPS) is 20.4. The summed E-state index contributed by atoms with van der Waals surface area (Å²) in [6, 6.07) is 5.65. The van der Waals surface area contributed by atoms with Crippen LogP contribution in [0.25, 0.3) is 11.0 Å². The van der Waals surface area contributed by atoms with Crippen molar-refractivity contribution in [3.05, 3.63) is 23.2 Å². The molecule has 0 radical (unpaired) electrons. The third-order valence-corrected chi connectivity index (χ3v) is 3.34. The van der Waals surface area contributed by atoms with E-state index in [1.165, 1.54) is 0 Å². The fourth-order valence-corrected chi connectivity index (χ4v) is 2.38. The van der Waals surface area contributed by atoms with Crippen molar-refractivity contribution < 1.29 is 9.47 Å². The van der Waals surface area contributed by atoms with Gasteiger partial charge in [0.1, 0.15) is 5.52 Å². The van der Waals surface area contributed by atoms with Gasteiger partial charge in [0.15, 0.2) is 0 Å². The molecule has 3 rings (SSSR count). The van der Waals surface area contributed by atoms with Gasteiger partial charge >= 0.3 is 0 Å². The SMILES string of the molecule is Nc1nc2c(Cl)cccc2n1CC1COCCO1. The van der Waals surface area contributed by atoms with Crippen molar-refractivity contribution in [3.8, 4) is 0 Å². The van der Waals surface area contributed by atoms with E-state index < -0.39 is 0 Å². The largest absolute Gasteiger partial charge is 0.376 e. The Bertz CT molecular complexity index is 564. The Kier molecular flexibility index (Phi) is 3.11. The standard InChI is InChI=1S/C12H14ClN3O2/c13-9-2-1-3-10-11(9)15-12(14)16(10)6-8-7-17-4-5-18-8/h1-3,8H,4-7H2,(H2,14,15). The minimum Gasteiger partial charge on any atom is -0.376 e. The lowest BCUT2D eigenvalue weighted by atomic mass is 10.3. The third-order valence-electron chi connectivity index (χ3n) is 3.03. The van der Waals surface area contributed by atoms with Crippen LogP contribution in [0.4, 0.5) is 5.95 Å². The van der Waals surface area contributed by atoms with Crippen molar-refractivity contribution in [2.24, 2.45) is 0 Å². The monoisotopic (exact) mass is 267 g/mol. The average Bonchev–Trinajstić information content (AvgIpc) is 2.70. The summed E-state index contributed by atoms with van der Waals surface area (Å²) in [7, 11) is 0. The zero-order chi connectivity index (χ0) is 12.5. The van der Waals surface area contributed by atoms with Gasteiger partial charge in [0.25, 0.3) is 0 Å². The lowest BCUT2D eigenvalue weighted by molar-refractivity contribution is -0.0930. The molecule has 1 unspecified atom stereocenters. The first-order chi connectivity index (χ1) is 8.75. The van der Waals surface area contributed by atoms with Crippen molar-refractivity contribution in [2.45, 2.75) is 12.6 Å². The highest BCUT2D eigenvalue weighted by atomic mass is 35.5. The van der Waals surface area contributed by atoms with E-state index >= 15 is 0 Å². The fraction of sp³-hybridized carbons (Fsp3) is 0.417. The molecule has 1 aliphatic rings. The lowest BCUT2D eigenvalue weighted by Gasteiger charge is -2.23. The number of hydrogen-bond donors (Lipinski definition) is 1. The Hall–Kier alpha value is -1.30. The van der Waals surface area contributed by atoms with Crippen LogP contribution in [0.2, 0.25) is 5.02 Å². The van der Waals surface area contributed by atoms with Gasteiger partial charge in [0.05, 0.1) is 43.0 Å². The predicted molar refractivity (Wildman–Crippen MR) is 69.7 cm³/mol. The van der Waals surface area contributed by atoms with E-state index in [1.807, 2.05) is 16.7 Å². The highest BCUT2D eigenvalue weighted by Gasteiger charge is 2.18. The molecule has 0 bridgehead atoms. The topological polar surface area (TPSA) is 62.3 Å². The Morgan fingerprint density at radius 2 is 2.33 bits per heavy atom. The molecular formula is C12H14ClN3O2. The van der Waals surface area contributed by atoms with Crippen LogP contribution >= 0.6 is 11.6 Å². The Balaban J connectivity index is 1.95. The van der Waals surface area contributed by atoms with Gasteiger partial charge in [0, 0.05) is 0 Å². The number of halogens is 1. The first-order valence-corrected chi connectivity index (χ1v) is 6.23. The van der Waals surface area contributed by atoms with E-state index in [4.69, 9.17) is 26.8 Å².